The van der Waals surface area contributed by atoms with E-state index < -0.39 is 37.1 Å². The van der Waals surface area contributed by atoms with Crippen molar-refractivity contribution in [3.8, 4) is 50.7 Å². The molecule has 1 aliphatic heterocycles. The normalized spacial score (nSPS) is 14.7. The molecule has 10 aromatic rings. The molecular weight excluding hydrogens is 829 g/mol. The maximum atomic E-state index is 8.71. The van der Waals surface area contributed by atoms with Crippen molar-refractivity contribution in [2.75, 3.05) is 16.5 Å². The zero-order valence-electron chi connectivity index (χ0n) is 47.1. The quantitative estimate of drug-likeness (QED) is 0.152. The van der Waals surface area contributed by atoms with Crippen LogP contribution in [0.1, 0.15) is 69.2 Å². The molecule has 0 atom stereocenters. The van der Waals surface area contributed by atoms with E-state index in [0.29, 0.717) is 23.7 Å². The van der Waals surface area contributed by atoms with Crippen LogP contribution in [0.4, 0.5) is 22.7 Å². The minimum atomic E-state index is -2.75. The number of aryl methyl sites for hydroxylation is 1. The number of ether oxygens (including phenoxy) is 1. The Labute approximate surface area is 411 Å². The van der Waals surface area contributed by atoms with Crippen LogP contribution in [0.3, 0.4) is 0 Å². The summed E-state index contributed by atoms with van der Waals surface area (Å²) in [5.74, 6) is 1.41. The third kappa shape index (κ3) is 7.88. The lowest BCUT2D eigenvalue weighted by atomic mass is 9.80. The predicted molar refractivity (Wildman–Crippen MR) is 286 cm³/mol. The van der Waals surface area contributed by atoms with Crippen LogP contribution in [-0.2, 0) is 10.8 Å². The molecule has 0 saturated carbocycles. The van der Waals surface area contributed by atoms with Crippen LogP contribution in [-0.4, -0.2) is 16.2 Å². The Morgan fingerprint density at radius 3 is 1.96 bits per heavy atom. The standard InChI is InChI=1S/C63H56N4O/c1-42-33-60(64-40-56(42)45-23-15-10-16-24-45)67-57-32-29-46(43-19-11-8-12-20-43)34-55(57)54-31-30-52(39-59(54)67)68-51-26-17-25-49(38-51)65-41-66(50-36-47(62(2,3)4)35-48(37-50)63(5,6)7)61-53(27-18-28-58(61)65)44-21-13-9-14-22-44/h8-40H,41H2,1-7H3/i1D3,10D,15D,16D,23D,24D. The molecule has 68 heavy (non-hydrogen) atoms. The molecule has 1 aliphatic rings. The Bertz CT molecular complexity index is 3850. The molecule has 0 radical (unpaired) electrons. The number of pyridine rings is 1. The number of hydrogen-bond acceptors (Lipinski definition) is 4. The summed E-state index contributed by atoms with van der Waals surface area (Å²) in [6.07, 6.45) is 1.30. The van der Waals surface area contributed by atoms with Crippen molar-refractivity contribution in [1.29, 1.82) is 0 Å². The van der Waals surface area contributed by atoms with Gasteiger partial charge in [0.25, 0.3) is 0 Å². The number of hydrogen-bond donors (Lipinski definition) is 0. The first-order valence-corrected chi connectivity index (χ1v) is 23.0. The van der Waals surface area contributed by atoms with Gasteiger partial charge < -0.3 is 14.5 Å². The molecule has 3 heterocycles. The Morgan fingerprint density at radius 2 is 1.24 bits per heavy atom. The molecule has 2 aromatic heterocycles. The van der Waals surface area contributed by atoms with Crippen LogP contribution in [0.2, 0.25) is 0 Å². The fraction of sp³-hybridized carbons (Fsp3) is 0.159. The van der Waals surface area contributed by atoms with E-state index in [-0.39, 0.29) is 33.3 Å². The van der Waals surface area contributed by atoms with Crippen LogP contribution in [0, 0.1) is 6.85 Å². The van der Waals surface area contributed by atoms with Crippen LogP contribution in [0.25, 0.3) is 61.0 Å². The lowest BCUT2D eigenvalue weighted by Gasteiger charge is -2.30. The molecule has 8 aromatic carbocycles. The first-order valence-electron chi connectivity index (χ1n) is 27.0. The summed E-state index contributed by atoms with van der Waals surface area (Å²) in [5.41, 5.74) is 11.9. The van der Waals surface area contributed by atoms with Gasteiger partial charge in [0.2, 0.25) is 0 Å². The van der Waals surface area contributed by atoms with Gasteiger partial charge in [-0.15, -0.1) is 0 Å². The number of fused-ring (bicyclic) bond motifs is 4. The minimum absolute atomic E-state index is 0.0649. The molecule has 0 fully saturated rings. The maximum absolute atomic E-state index is 8.71. The van der Waals surface area contributed by atoms with E-state index in [1.165, 1.54) is 23.4 Å². The third-order valence-electron chi connectivity index (χ3n) is 13.0. The number of benzene rings is 8. The van der Waals surface area contributed by atoms with Gasteiger partial charge in [-0.3, -0.25) is 4.57 Å². The average Bonchev–Trinajstić information content (AvgIpc) is 4.05. The van der Waals surface area contributed by atoms with Gasteiger partial charge >= 0.3 is 0 Å². The SMILES string of the molecule is [2H]c1c([2H])c([2H])c(-c2cnc(-n3c4ccc(-c5ccccc5)cc4c4ccc(Oc5cccc(N6CN(c7cc(C(C)(C)C)cc(C(C)(C)C)c7)c7c(-c8ccccc8)cccc76)c5)cc43)cc2C([2H])([2H])[2H])c([2H])c1[2H]. The summed E-state index contributed by atoms with van der Waals surface area (Å²) >= 11 is 0. The highest BCUT2D eigenvalue weighted by Crippen LogP contribution is 2.51. The lowest BCUT2D eigenvalue weighted by Crippen LogP contribution is -2.25. The fourth-order valence-electron chi connectivity index (χ4n) is 9.36. The number of aromatic nitrogens is 2. The second-order valence-electron chi connectivity index (χ2n) is 19.6. The monoisotopic (exact) mass is 892 g/mol. The summed E-state index contributed by atoms with van der Waals surface area (Å²) < 4.78 is 77.1. The molecule has 334 valence electrons. The third-order valence-corrected chi connectivity index (χ3v) is 13.0. The van der Waals surface area contributed by atoms with E-state index >= 15 is 0 Å². The largest absolute Gasteiger partial charge is 0.457 e. The van der Waals surface area contributed by atoms with Gasteiger partial charge in [-0.25, -0.2) is 4.98 Å². The summed E-state index contributed by atoms with van der Waals surface area (Å²) in [6.45, 7) is 11.4. The molecule has 5 heteroatoms. The van der Waals surface area contributed by atoms with E-state index in [2.05, 4.69) is 142 Å². The summed E-state index contributed by atoms with van der Waals surface area (Å²) in [7, 11) is 0. The predicted octanol–water partition coefficient (Wildman–Crippen LogP) is 17.1. The lowest BCUT2D eigenvalue weighted by molar-refractivity contribution is 0.483. The average molecular weight is 893 g/mol. The highest BCUT2D eigenvalue weighted by atomic mass is 16.5. The minimum Gasteiger partial charge on any atom is -0.457 e. The van der Waals surface area contributed by atoms with Crippen molar-refractivity contribution in [3.63, 3.8) is 0 Å². The topological polar surface area (TPSA) is 33.5 Å². The van der Waals surface area contributed by atoms with Gasteiger partial charge in [-0.2, -0.15) is 0 Å². The number of para-hydroxylation sites is 1. The maximum Gasteiger partial charge on any atom is 0.137 e. The van der Waals surface area contributed by atoms with E-state index in [1.807, 2.05) is 71.3 Å². The molecular formula is C63H56N4O. The molecule has 0 saturated heterocycles. The molecule has 5 nitrogen and oxygen atoms in total. The molecule has 0 N–H and O–H groups in total. The highest BCUT2D eigenvalue weighted by molar-refractivity contribution is 6.11. The van der Waals surface area contributed by atoms with E-state index in [9.17, 15) is 0 Å². The molecule has 11 rings (SSSR count). The molecule has 0 unspecified atom stereocenters. The Balaban J connectivity index is 1.03. The first kappa shape index (κ1) is 34.4. The van der Waals surface area contributed by atoms with Crippen LogP contribution in [0.15, 0.2) is 200 Å². The number of nitrogens with zero attached hydrogens (tertiary/aromatic N) is 4. The van der Waals surface area contributed by atoms with Crippen molar-refractivity contribution in [1.82, 2.24) is 9.55 Å². The molecule has 0 spiro atoms. The van der Waals surface area contributed by atoms with Crippen LogP contribution in [0.5, 0.6) is 11.5 Å². The van der Waals surface area contributed by atoms with Crippen molar-refractivity contribution < 1.29 is 15.7 Å². The zero-order valence-corrected chi connectivity index (χ0v) is 39.1. The van der Waals surface area contributed by atoms with Crippen LogP contribution >= 0.6 is 0 Å². The van der Waals surface area contributed by atoms with Gasteiger partial charge in [-0.1, -0.05) is 163 Å². The second kappa shape index (κ2) is 16.8. The number of rotatable bonds is 8. The smallest absolute Gasteiger partial charge is 0.137 e. The fourth-order valence-corrected chi connectivity index (χ4v) is 9.36. The summed E-state index contributed by atoms with van der Waals surface area (Å²) in [5, 5.41) is 1.76. The van der Waals surface area contributed by atoms with E-state index in [4.69, 9.17) is 20.7 Å². The Morgan fingerprint density at radius 1 is 0.529 bits per heavy atom. The van der Waals surface area contributed by atoms with Gasteiger partial charge in [0.1, 0.15) is 24.0 Å². The van der Waals surface area contributed by atoms with Crippen molar-refractivity contribution >= 4 is 44.6 Å². The second-order valence-corrected chi connectivity index (χ2v) is 19.6. The number of anilines is 4. The van der Waals surface area contributed by atoms with Gasteiger partial charge in [-0.05, 0) is 117 Å². The Kier molecular flexibility index (Phi) is 8.49. The molecule has 0 aliphatic carbocycles. The van der Waals surface area contributed by atoms with Crippen LogP contribution < -0.4 is 14.5 Å². The highest BCUT2D eigenvalue weighted by Gasteiger charge is 2.33. The van der Waals surface area contributed by atoms with E-state index in [1.54, 1.807) is 0 Å². The molecule has 0 bridgehead atoms. The first-order chi connectivity index (χ1) is 36.2. The Hall–Kier alpha value is -7.89. The van der Waals surface area contributed by atoms with Gasteiger partial charge in [0.05, 0.1) is 29.3 Å². The van der Waals surface area contributed by atoms with Gasteiger partial charge in [0.15, 0.2) is 0 Å². The van der Waals surface area contributed by atoms with E-state index in [0.717, 1.165) is 61.3 Å². The molecule has 0 amide bonds. The van der Waals surface area contributed by atoms with Crippen molar-refractivity contribution in [2.45, 2.75) is 59.2 Å². The van der Waals surface area contributed by atoms with Crippen molar-refractivity contribution in [3.05, 3.63) is 217 Å². The summed E-state index contributed by atoms with van der Waals surface area (Å²) in [4.78, 5) is 9.59. The van der Waals surface area contributed by atoms with Gasteiger partial charge in [0, 0.05) is 55.7 Å². The van der Waals surface area contributed by atoms with Crippen molar-refractivity contribution in [2.24, 2.45) is 0 Å². The summed E-state index contributed by atoms with van der Waals surface area (Å²) in [6, 6.07) is 53.0. The zero-order chi connectivity index (χ0) is 53.6.